The Morgan fingerprint density at radius 2 is 2.46 bits per heavy atom. The van der Waals surface area contributed by atoms with Crippen molar-refractivity contribution in [2.75, 3.05) is 0 Å². The molecule has 1 N–H and O–H groups in total. The van der Waals surface area contributed by atoms with E-state index in [-0.39, 0.29) is 5.91 Å². The van der Waals surface area contributed by atoms with Crippen molar-refractivity contribution in [3.8, 4) is 0 Å². The van der Waals surface area contributed by atoms with Crippen molar-refractivity contribution in [2.24, 2.45) is 7.05 Å². The number of aryl methyl sites for hydroxylation is 1. The van der Waals surface area contributed by atoms with Crippen molar-refractivity contribution < 1.29 is 4.79 Å². The van der Waals surface area contributed by atoms with Crippen molar-refractivity contribution in [3.63, 3.8) is 0 Å². The summed E-state index contributed by atoms with van der Waals surface area (Å²) >= 11 is 0. The predicted octanol–water partition coefficient (Wildman–Crippen LogP) is 0.0974. The van der Waals surface area contributed by atoms with Gasteiger partial charge in [-0.3, -0.25) is 4.79 Å². The molecule has 1 aliphatic rings. The largest absolute Gasteiger partial charge is 0.348 e. The lowest BCUT2D eigenvalue weighted by atomic mass is 9.93. The molecule has 1 aromatic rings. The highest BCUT2D eigenvalue weighted by Gasteiger charge is 2.21. The van der Waals surface area contributed by atoms with Gasteiger partial charge in [0.25, 0.3) is 5.91 Å². The molecule has 1 heterocycles. The number of carbonyl (C=O) groups is 1. The molecular formula is C8H12N4O. The molecule has 0 atom stereocenters. The second kappa shape index (κ2) is 3.16. The SMILES string of the molecule is Cn1ncc(C(=O)NC2CCC2)n1. The molecule has 1 fully saturated rings. The van der Waals surface area contributed by atoms with Gasteiger partial charge in [-0.1, -0.05) is 0 Å². The zero-order valence-corrected chi connectivity index (χ0v) is 7.53. The minimum atomic E-state index is -0.113. The van der Waals surface area contributed by atoms with Crippen LogP contribution in [0.5, 0.6) is 0 Å². The Morgan fingerprint density at radius 1 is 1.69 bits per heavy atom. The van der Waals surface area contributed by atoms with Crippen LogP contribution in [0, 0.1) is 0 Å². The minimum absolute atomic E-state index is 0.113. The Hall–Kier alpha value is -1.39. The second-order valence-corrected chi connectivity index (χ2v) is 3.32. The van der Waals surface area contributed by atoms with E-state index >= 15 is 0 Å². The Morgan fingerprint density at radius 3 is 2.92 bits per heavy atom. The lowest BCUT2D eigenvalue weighted by Gasteiger charge is -2.25. The number of hydrogen-bond acceptors (Lipinski definition) is 3. The first kappa shape index (κ1) is 8.22. The lowest BCUT2D eigenvalue weighted by Crippen LogP contribution is -2.39. The third-order valence-corrected chi connectivity index (χ3v) is 2.27. The molecule has 2 rings (SSSR count). The Balaban J connectivity index is 1.96. The van der Waals surface area contributed by atoms with E-state index < -0.39 is 0 Å². The summed E-state index contributed by atoms with van der Waals surface area (Å²) in [5, 5.41) is 10.6. The molecule has 0 bridgehead atoms. The summed E-state index contributed by atoms with van der Waals surface area (Å²) in [5.74, 6) is -0.113. The highest BCUT2D eigenvalue weighted by Crippen LogP contribution is 2.18. The fourth-order valence-electron chi connectivity index (χ4n) is 1.26. The van der Waals surface area contributed by atoms with Crippen LogP contribution in [0.1, 0.15) is 29.8 Å². The van der Waals surface area contributed by atoms with Crippen LogP contribution in [0.3, 0.4) is 0 Å². The molecule has 70 valence electrons. The van der Waals surface area contributed by atoms with Gasteiger partial charge in [-0.05, 0) is 19.3 Å². The van der Waals surface area contributed by atoms with E-state index in [2.05, 4.69) is 15.5 Å². The van der Waals surface area contributed by atoms with Crippen molar-refractivity contribution in [1.29, 1.82) is 0 Å². The summed E-state index contributed by atoms with van der Waals surface area (Å²) in [7, 11) is 1.69. The molecule has 1 aromatic heterocycles. The van der Waals surface area contributed by atoms with E-state index in [9.17, 15) is 4.79 Å². The fourth-order valence-corrected chi connectivity index (χ4v) is 1.26. The van der Waals surface area contributed by atoms with E-state index in [1.165, 1.54) is 17.4 Å². The quantitative estimate of drug-likeness (QED) is 0.702. The lowest BCUT2D eigenvalue weighted by molar-refractivity contribution is 0.0911. The number of carbonyl (C=O) groups excluding carboxylic acids is 1. The number of nitrogens with one attached hydrogen (secondary N) is 1. The minimum Gasteiger partial charge on any atom is -0.348 e. The van der Waals surface area contributed by atoms with E-state index in [1.54, 1.807) is 7.05 Å². The van der Waals surface area contributed by atoms with Gasteiger partial charge in [0.2, 0.25) is 0 Å². The smallest absolute Gasteiger partial charge is 0.273 e. The Labute approximate surface area is 76.1 Å². The van der Waals surface area contributed by atoms with Gasteiger partial charge in [0, 0.05) is 13.1 Å². The third-order valence-electron chi connectivity index (χ3n) is 2.27. The van der Waals surface area contributed by atoms with E-state index in [4.69, 9.17) is 0 Å². The zero-order chi connectivity index (χ0) is 9.26. The van der Waals surface area contributed by atoms with Crippen LogP contribution >= 0.6 is 0 Å². The van der Waals surface area contributed by atoms with Crippen LogP contribution in [-0.2, 0) is 7.05 Å². The van der Waals surface area contributed by atoms with Gasteiger partial charge in [0.05, 0.1) is 6.20 Å². The maximum Gasteiger partial charge on any atom is 0.273 e. The van der Waals surface area contributed by atoms with Crippen molar-refractivity contribution in [2.45, 2.75) is 25.3 Å². The summed E-state index contributed by atoms with van der Waals surface area (Å²) in [5.41, 5.74) is 0.398. The van der Waals surface area contributed by atoms with Crippen LogP contribution in [0.25, 0.3) is 0 Å². The number of amides is 1. The highest BCUT2D eigenvalue weighted by molar-refractivity contribution is 5.92. The van der Waals surface area contributed by atoms with Crippen LogP contribution in [0.4, 0.5) is 0 Å². The molecule has 5 heteroatoms. The number of aromatic nitrogens is 3. The first-order chi connectivity index (χ1) is 6.25. The monoisotopic (exact) mass is 180 g/mol. The summed E-state index contributed by atoms with van der Waals surface area (Å²) in [6, 6.07) is 0.356. The average Bonchev–Trinajstić information content (AvgIpc) is 2.44. The van der Waals surface area contributed by atoms with E-state index in [0.29, 0.717) is 11.7 Å². The van der Waals surface area contributed by atoms with Gasteiger partial charge in [-0.25, -0.2) is 0 Å². The zero-order valence-electron chi connectivity index (χ0n) is 7.53. The third kappa shape index (κ3) is 1.68. The molecule has 0 aliphatic heterocycles. The first-order valence-electron chi connectivity index (χ1n) is 4.43. The molecule has 0 aromatic carbocycles. The van der Waals surface area contributed by atoms with Gasteiger partial charge >= 0.3 is 0 Å². The molecule has 13 heavy (non-hydrogen) atoms. The van der Waals surface area contributed by atoms with Crippen LogP contribution in [0.2, 0.25) is 0 Å². The molecule has 0 radical (unpaired) electrons. The summed E-state index contributed by atoms with van der Waals surface area (Å²) in [4.78, 5) is 12.8. The van der Waals surface area contributed by atoms with Crippen molar-refractivity contribution in [3.05, 3.63) is 11.9 Å². The molecule has 1 saturated carbocycles. The second-order valence-electron chi connectivity index (χ2n) is 3.32. The van der Waals surface area contributed by atoms with Gasteiger partial charge in [0.1, 0.15) is 0 Å². The molecule has 0 saturated heterocycles. The number of nitrogens with zero attached hydrogens (tertiary/aromatic N) is 3. The van der Waals surface area contributed by atoms with Crippen LogP contribution in [0.15, 0.2) is 6.20 Å². The van der Waals surface area contributed by atoms with Crippen molar-refractivity contribution in [1.82, 2.24) is 20.3 Å². The van der Waals surface area contributed by atoms with Gasteiger partial charge in [0.15, 0.2) is 5.69 Å². The maximum absolute atomic E-state index is 11.4. The average molecular weight is 180 g/mol. The van der Waals surface area contributed by atoms with E-state index in [0.717, 1.165) is 12.8 Å². The maximum atomic E-state index is 11.4. The van der Waals surface area contributed by atoms with Gasteiger partial charge < -0.3 is 5.32 Å². The molecule has 1 aliphatic carbocycles. The van der Waals surface area contributed by atoms with Crippen LogP contribution in [-0.4, -0.2) is 26.9 Å². The topological polar surface area (TPSA) is 59.8 Å². The van der Waals surface area contributed by atoms with Gasteiger partial charge in [-0.15, -0.1) is 5.10 Å². The first-order valence-corrected chi connectivity index (χ1v) is 4.43. The summed E-state index contributed by atoms with van der Waals surface area (Å²) < 4.78 is 0. The number of hydrogen-bond donors (Lipinski definition) is 1. The predicted molar refractivity (Wildman–Crippen MR) is 46.1 cm³/mol. The van der Waals surface area contributed by atoms with Crippen molar-refractivity contribution >= 4 is 5.91 Å². The Bertz CT molecular complexity index is 316. The Kier molecular flexibility index (Phi) is 2.00. The molecule has 5 nitrogen and oxygen atoms in total. The highest BCUT2D eigenvalue weighted by atomic mass is 16.2. The fraction of sp³-hybridized carbons (Fsp3) is 0.625. The van der Waals surface area contributed by atoms with Gasteiger partial charge in [-0.2, -0.15) is 9.90 Å². The van der Waals surface area contributed by atoms with Crippen LogP contribution < -0.4 is 5.32 Å². The molecular weight excluding hydrogens is 168 g/mol. The van der Waals surface area contributed by atoms with E-state index in [1.807, 2.05) is 0 Å². The standard InChI is InChI=1S/C8H12N4O/c1-12-9-5-7(11-12)8(13)10-6-3-2-4-6/h5-6H,2-4H2,1H3,(H,10,13). The summed E-state index contributed by atoms with van der Waals surface area (Å²) in [6.45, 7) is 0. The number of rotatable bonds is 2. The molecule has 0 unspecified atom stereocenters. The normalized spacial score (nSPS) is 16.7. The molecule has 1 amide bonds. The molecule has 0 spiro atoms. The summed E-state index contributed by atoms with van der Waals surface area (Å²) in [6.07, 6.45) is 4.87.